The highest BCUT2D eigenvalue weighted by atomic mass is 16.5. The van der Waals surface area contributed by atoms with Crippen molar-refractivity contribution in [2.45, 2.75) is 57.8 Å². The van der Waals surface area contributed by atoms with Crippen LogP contribution < -0.4 is 10.1 Å². The van der Waals surface area contributed by atoms with Crippen LogP contribution in [0.25, 0.3) is 0 Å². The lowest BCUT2D eigenvalue weighted by molar-refractivity contribution is 0.0194. The molecule has 1 saturated carbocycles. The first-order valence-corrected chi connectivity index (χ1v) is 7.68. The molecule has 1 aromatic heterocycles. The van der Waals surface area contributed by atoms with Crippen LogP contribution in [0.15, 0.2) is 18.2 Å². The molecule has 1 N–H and O–H groups in total. The van der Waals surface area contributed by atoms with Crippen molar-refractivity contribution < 1.29 is 9.47 Å². The molecule has 2 unspecified atom stereocenters. The molecule has 0 radical (unpaired) electrons. The third kappa shape index (κ3) is 4.76. The number of nitrogens with zero attached hydrogens (tertiary/aromatic N) is 1. The van der Waals surface area contributed by atoms with Gasteiger partial charge in [-0.3, -0.25) is 0 Å². The van der Waals surface area contributed by atoms with Crippen LogP contribution in [-0.4, -0.2) is 30.8 Å². The van der Waals surface area contributed by atoms with E-state index in [1.165, 1.54) is 6.42 Å². The summed E-state index contributed by atoms with van der Waals surface area (Å²) in [7, 11) is 1.78. The van der Waals surface area contributed by atoms with E-state index in [-0.39, 0.29) is 6.10 Å². The third-order valence-corrected chi connectivity index (χ3v) is 3.71. The normalized spacial score (nSPS) is 22.7. The Morgan fingerprint density at radius 2 is 2.15 bits per heavy atom. The molecule has 1 aliphatic rings. The van der Waals surface area contributed by atoms with Gasteiger partial charge in [0.25, 0.3) is 0 Å². The van der Waals surface area contributed by atoms with Gasteiger partial charge in [-0.15, -0.1) is 0 Å². The molecule has 0 aromatic carbocycles. The van der Waals surface area contributed by atoms with Crippen molar-refractivity contribution in [2.24, 2.45) is 0 Å². The highest BCUT2D eigenvalue weighted by molar-refractivity contribution is 5.16. The van der Waals surface area contributed by atoms with Gasteiger partial charge in [0.05, 0.1) is 11.8 Å². The van der Waals surface area contributed by atoms with Gasteiger partial charge in [0.15, 0.2) is 0 Å². The number of nitrogens with one attached hydrogen (secondary N) is 1. The maximum Gasteiger partial charge on any atom is 0.213 e. The van der Waals surface area contributed by atoms with E-state index in [2.05, 4.69) is 17.2 Å². The Morgan fingerprint density at radius 3 is 2.95 bits per heavy atom. The molecule has 20 heavy (non-hydrogen) atoms. The summed E-state index contributed by atoms with van der Waals surface area (Å²) >= 11 is 0. The van der Waals surface area contributed by atoms with Crippen molar-refractivity contribution in [2.75, 3.05) is 13.7 Å². The summed E-state index contributed by atoms with van der Waals surface area (Å²) in [6.07, 6.45) is 6.09. The highest BCUT2D eigenvalue weighted by Crippen LogP contribution is 2.24. The van der Waals surface area contributed by atoms with Gasteiger partial charge in [-0.05, 0) is 38.3 Å². The second kappa shape index (κ2) is 8.22. The van der Waals surface area contributed by atoms with Crippen molar-refractivity contribution in [3.63, 3.8) is 0 Å². The zero-order valence-corrected chi connectivity index (χ0v) is 12.6. The largest absolute Gasteiger partial charge is 0.474 e. The van der Waals surface area contributed by atoms with E-state index in [0.29, 0.717) is 6.10 Å². The Labute approximate surface area is 121 Å². The number of rotatable bonds is 7. The number of methoxy groups -OCH3 is 1. The van der Waals surface area contributed by atoms with Crippen molar-refractivity contribution in [3.05, 3.63) is 23.9 Å². The first kappa shape index (κ1) is 15.3. The Morgan fingerprint density at radius 1 is 1.30 bits per heavy atom. The lowest BCUT2D eigenvalue weighted by Crippen LogP contribution is -2.29. The monoisotopic (exact) mass is 278 g/mol. The molecule has 1 aliphatic carbocycles. The van der Waals surface area contributed by atoms with Gasteiger partial charge < -0.3 is 14.8 Å². The quantitative estimate of drug-likeness (QED) is 0.779. The zero-order valence-electron chi connectivity index (χ0n) is 12.6. The Balaban J connectivity index is 1.87. The average Bonchev–Trinajstić information content (AvgIpc) is 2.48. The third-order valence-electron chi connectivity index (χ3n) is 3.71. The first-order chi connectivity index (χ1) is 9.81. The number of ether oxygens (including phenoxy) is 2. The zero-order chi connectivity index (χ0) is 14.2. The number of hydrogen-bond acceptors (Lipinski definition) is 4. The van der Waals surface area contributed by atoms with E-state index >= 15 is 0 Å². The second-order valence-corrected chi connectivity index (χ2v) is 5.41. The van der Waals surface area contributed by atoms with Crippen LogP contribution in [0.5, 0.6) is 5.88 Å². The van der Waals surface area contributed by atoms with Gasteiger partial charge in [-0.25, -0.2) is 4.98 Å². The molecule has 1 aromatic rings. The summed E-state index contributed by atoms with van der Waals surface area (Å²) in [4.78, 5) is 4.56. The molecule has 1 heterocycles. The number of aromatic nitrogens is 1. The molecule has 0 saturated heterocycles. The average molecular weight is 278 g/mol. The lowest BCUT2D eigenvalue weighted by atomic mass is 9.95. The van der Waals surface area contributed by atoms with Gasteiger partial charge >= 0.3 is 0 Å². The van der Waals surface area contributed by atoms with Gasteiger partial charge in [0.1, 0.15) is 6.10 Å². The summed E-state index contributed by atoms with van der Waals surface area (Å²) < 4.78 is 11.5. The molecular weight excluding hydrogens is 252 g/mol. The predicted molar refractivity (Wildman–Crippen MR) is 79.9 cm³/mol. The standard InChI is InChI=1S/C16H26N2O2/c1-3-10-17-12-13-6-4-9-16(18-13)20-15-8-5-7-14(11-15)19-2/h4,6,9,14-15,17H,3,5,7-8,10-12H2,1-2H3. The summed E-state index contributed by atoms with van der Waals surface area (Å²) in [6.45, 7) is 3.98. The summed E-state index contributed by atoms with van der Waals surface area (Å²) in [5.74, 6) is 0.738. The van der Waals surface area contributed by atoms with E-state index in [1.54, 1.807) is 7.11 Å². The van der Waals surface area contributed by atoms with E-state index in [0.717, 1.165) is 50.3 Å². The Bertz CT molecular complexity index is 398. The van der Waals surface area contributed by atoms with Crippen LogP contribution in [-0.2, 0) is 11.3 Å². The van der Waals surface area contributed by atoms with Crippen molar-refractivity contribution in [3.8, 4) is 5.88 Å². The highest BCUT2D eigenvalue weighted by Gasteiger charge is 2.23. The minimum absolute atomic E-state index is 0.236. The molecule has 0 spiro atoms. The van der Waals surface area contributed by atoms with Crippen molar-refractivity contribution in [1.29, 1.82) is 0 Å². The smallest absolute Gasteiger partial charge is 0.213 e. The minimum atomic E-state index is 0.236. The van der Waals surface area contributed by atoms with Gasteiger partial charge in [0, 0.05) is 26.1 Å². The fourth-order valence-electron chi connectivity index (χ4n) is 2.61. The molecular formula is C16H26N2O2. The fourth-order valence-corrected chi connectivity index (χ4v) is 2.61. The summed E-state index contributed by atoms with van der Waals surface area (Å²) in [5.41, 5.74) is 1.04. The van der Waals surface area contributed by atoms with Gasteiger partial charge in [-0.1, -0.05) is 13.0 Å². The van der Waals surface area contributed by atoms with Gasteiger partial charge in [-0.2, -0.15) is 0 Å². The first-order valence-electron chi connectivity index (χ1n) is 7.68. The molecule has 0 amide bonds. The van der Waals surface area contributed by atoms with Crippen molar-refractivity contribution in [1.82, 2.24) is 10.3 Å². The molecule has 4 heteroatoms. The molecule has 1 fully saturated rings. The van der Waals surface area contributed by atoms with E-state index < -0.39 is 0 Å². The minimum Gasteiger partial charge on any atom is -0.474 e. The lowest BCUT2D eigenvalue weighted by Gasteiger charge is -2.28. The van der Waals surface area contributed by atoms with E-state index in [4.69, 9.17) is 9.47 Å². The molecule has 4 nitrogen and oxygen atoms in total. The van der Waals surface area contributed by atoms with Gasteiger partial charge in [0.2, 0.25) is 5.88 Å². The second-order valence-electron chi connectivity index (χ2n) is 5.41. The van der Waals surface area contributed by atoms with Crippen LogP contribution in [0.3, 0.4) is 0 Å². The summed E-state index contributed by atoms with van der Waals surface area (Å²) in [6, 6.07) is 6.00. The van der Waals surface area contributed by atoms with Crippen LogP contribution in [0.2, 0.25) is 0 Å². The number of pyridine rings is 1. The molecule has 0 aliphatic heterocycles. The predicted octanol–water partition coefficient (Wildman–Crippen LogP) is 2.92. The Hall–Kier alpha value is -1.13. The maximum absolute atomic E-state index is 6.02. The van der Waals surface area contributed by atoms with Crippen LogP contribution in [0.4, 0.5) is 0 Å². The molecule has 2 atom stereocenters. The van der Waals surface area contributed by atoms with Crippen LogP contribution in [0, 0.1) is 0 Å². The van der Waals surface area contributed by atoms with Crippen molar-refractivity contribution >= 4 is 0 Å². The molecule has 0 bridgehead atoms. The SMILES string of the molecule is CCCNCc1cccc(OC2CCCC(OC)C2)n1. The maximum atomic E-state index is 6.02. The number of hydrogen-bond donors (Lipinski definition) is 1. The topological polar surface area (TPSA) is 43.4 Å². The molecule has 112 valence electrons. The van der Waals surface area contributed by atoms with E-state index in [9.17, 15) is 0 Å². The fraction of sp³-hybridized carbons (Fsp3) is 0.688. The molecule has 2 rings (SSSR count). The summed E-state index contributed by atoms with van der Waals surface area (Å²) in [5, 5.41) is 3.36. The van der Waals surface area contributed by atoms with Crippen LogP contribution >= 0.6 is 0 Å². The van der Waals surface area contributed by atoms with E-state index in [1.807, 2.05) is 18.2 Å². The Kier molecular flexibility index (Phi) is 6.27. The van der Waals surface area contributed by atoms with Crippen LogP contribution in [0.1, 0.15) is 44.7 Å².